The molecule has 1 N–H and O–H groups in total. The molecule has 1 rings (SSSR count). The molecular weight excluding hydrogens is 262 g/mol. The van der Waals surface area contributed by atoms with Crippen molar-refractivity contribution in [2.24, 2.45) is 11.3 Å². The van der Waals surface area contributed by atoms with Gasteiger partial charge in [-0.05, 0) is 5.92 Å². The number of alkyl halides is 6. The number of aliphatic hydroxyl groups is 1. The Morgan fingerprint density at radius 3 is 1.78 bits per heavy atom. The van der Waals surface area contributed by atoms with Crippen LogP contribution in [0.3, 0.4) is 0 Å². The van der Waals surface area contributed by atoms with E-state index >= 15 is 0 Å². The van der Waals surface area contributed by atoms with Gasteiger partial charge in [-0.3, -0.25) is 0 Å². The zero-order chi connectivity index (χ0) is 14.4. The summed E-state index contributed by atoms with van der Waals surface area (Å²) >= 11 is 0. The van der Waals surface area contributed by atoms with E-state index in [0.717, 1.165) is 19.1 Å². The molecule has 0 aliphatic heterocycles. The van der Waals surface area contributed by atoms with Gasteiger partial charge >= 0.3 is 12.4 Å². The lowest BCUT2D eigenvalue weighted by Crippen LogP contribution is -2.67. The molecule has 0 fully saturated rings. The van der Waals surface area contributed by atoms with Crippen LogP contribution in [0.1, 0.15) is 13.8 Å². The van der Waals surface area contributed by atoms with Crippen LogP contribution in [0.4, 0.5) is 26.3 Å². The van der Waals surface area contributed by atoms with Crippen LogP contribution in [0.15, 0.2) is 24.3 Å². The molecule has 0 spiro atoms. The second kappa shape index (κ2) is 4.01. The van der Waals surface area contributed by atoms with Crippen LogP contribution in [0, 0.1) is 11.3 Å². The first kappa shape index (κ1) is 15.1. The fraction of sp³-hybridized carbons (Fsp3) is 0.636. The minimum Gasteiger partial charge on any atom is -0.373 e. The average molecular weight is 274 g/mol. The van der Waals surface area contributed by atoms with E-state index in [9.17, 15) is 31.4 Å². The second-order valence-electron chi connectivity index (χ2n) is 4.52. The lowest BCUT2D eigenvalue weighted by Gasteiger charge is -2.48. The monoisotopic (exact) mass is 274 g/mol. The molecule has 0 saturated carbocycles. The van der Waals surface area contributed by atoms with Gasteiger partial charge in [0.15, 0.2) is 0 Å². The van der Waals surface area contributed by atoms with E-state index in [0.29, 0.717) is 0 Å². The summed E-state index contributed by atoms with van der Waals surface area (Å²) in [5.74, 6) is -1.12. The molecule has 2 atom stereocenters. The molecule has 0 heterocycles. The van der Waals surface area contributed by atoms with Crippen molar-refractivity contribution in [3.8, 4) is 0 Å². The van der Waals surface area contributed by atoms with Crippen molar-refractivity contribution in [1.82, 2.24) is 0 Å². The number of allylic oxidation sites excluding steroid dienone is 3. The van der Waals surface area contributed by atoms with Crippen LogP contribution in [0.5, 0.6) is 0 Å². The summed E-state index contributed by atoms with van der Waals surface area (Å²) in [6.45, 7) is 1.95. The van der Waals surface area contributed by atoms with E-state index in [1.165, 1.54) is 19.1 Å². The Balaban J connectivity index is 3.47. The number of hydrogen-bond acceptors (Lipinski definition) is 1. The third-order valence-electron chi connectivity index (χ3n) is 3.50. The molecule has 0 aromatic heterocycles. The molecule has 1 nitrogen and oxygen atoms in total. The lowest BCUT2D eigenvalue weighted by atomic mass is 9.63. The van der Waals surface area contributed by atoms with Crippen molar-refractivity contribution < 1.29 is 31.4 Å². The molecule has 1 aliphatic carbocycles. The molecule has 0 bridgehead atoms. The van der Waals surface area contributed by atoms with E-state index in [4.69, 9.17) is 0 Å². The Hall–Kier alpha value is -0.980. The van der Waals surface area contributed by atoms with Gasteiger partial charge in [-0.2, -0.15) is 26.3 Å². The van der Waals surface area contributed by atoms with E-state index in [1.54, 1.807) is 0 Å². The van der Waals surface area contributed by atoms with Crippen molar-refractivity contribution in [1.29, 1.82) is 0 Å². The summed E-state index contributed by atoms with van der Waals surface area (Å²) in [4.78, 5) is 0. The Morgan fingerprint density at radius 2 is 1.44 bits per heavy atom. The zero-order valence-corrected chi connectivity index (χ0v) is 9.60. The summed E-state index contributed by atoms with van der Waals surface area (Å²) in [6, 6.07) is 0. The normalized spacial score (nSPS) is 29.7. The number of halogens is 6. The SMILES string of the molecule is C[C@@H]1C=CC=C[C@@]1(C)C(O)(C(F)(F)F)C(F)(F)F. The van der Waals surface area contributed by atoms with Crippen LogP contribution >= 0.6 is 0 Å². The highest BCUT2D eigenvalue weighted by Gasteiger charge is 2.78. The molecule has 104 valence electrons. The Labute approximate surface area is 99.8 Å². The van der Waals surface area contributed by atoms with Crippen molar-refractivity contribution >= 4 is 0 Å². The summed E-state index contributed by atoms with van der Waals surface area (Å²) in [5.41, 5.74) is -7.29. The van der Waals surface area contributed by atoms with Crippen molar-refractivity contribution in [3.63, 3.8) is 0 Å². The minimum atomic E-state index is -5.82. The summed E-state index contributed by atoms with van der Waals surface area (Å²) in [7, 11) is 0. The highest BCUT2D eigenvalue weighted by atomic mass is 19.4. The van der Waals surface area contributed by atoms with Gasteiger partial charge in [0.1, 0.15) is 0 Å². The first-order valence-electron chi connectivity index (χ1n) is 5.10. The van der Waals surface area contributed by atoms with Gasteiger partial charge in [0.05, 0.1) is 0 Å². The van der Waals surface area contributed by atoms with Gasteiger partial charge in [0.25, 0.3) is 5.60 Å². The van der Waals surface area contributed by atoms with Gasteiger partial charge in [0.2, 0.25) is 0 Å². The molecule has 0 radical (unpaired) electrons. The van der Waals surface area contributed by atoms with Crippen molar-refractivity contribution in [2.75, 3.05) is 0 Å². The standard InChI is InChI=1S/C11H12F6O/c1-7-5-3-4-6-8(7,2)9(18,10(12,13)14)11(15,16)17/h3-7,18H,1-2H3/t7-,8-/m1/s1. The third kappa shape index (κ3) is 1.84. The van der Waals surface area contributed by atoms with E-state index in [2.05, 4.69) is 0 Å². The lowest BCUT2D eigenvalue weighted by molar-refractivity contribution is -0.399. The fourth-order valence-electron chi connectivity index (χ4n) is 2.06. The van der Waals surface area contributed by atoms with Crippen LogP contribution in [0.25, 0.3) is 0 Å². The highest BCUT2D eigenvalue weighted by Crippen LogP contribution is 2.57. The molecular formula is C11H12F6O. The zero-order valence-electron chi connectivity index (χ0n) is 9.60. The van der Waals surface area contributed by atoms with Gasteiger partial charge in [0, 0.05) is 5.41 Å². The van der Waals surface area contributed by atoms with E-state index < -0.39 is 29.3 Å². The smallest absolute Gasteiger partial charge is 0.373 e. The van der Waals surface area contributed by atoms with Gasteiger partial charge in [-0.25, -0.2) is 0 Å². The summed E-state index contributed by atoms with van der Waals surface area (Å²) in [6.07, 6.45) is -7.27. The Bertz CT molecular complexity index is 364. The van der Waals surface area contributed by atoms with Crippen LogP contribution < -0.4 is 0 Å². The number of hydrogen-bond donors (Lipinski definition) is 1. The Morgan fingerprint density at radius 1 is 1.00 bits per heavy atom. The largest absolute Gasteiger partial charge is 0.427 e. The molecule has 18 heavy (non-hydrogen) atoms. The quantitative estimate of drug-likeness (QED) is 0.724. The fourth-order valence-corrected chi connectivity index (χ4v) is 2.06. The first-order chi connectivity index (χ1) is 7.88. The molecule has 7 heteroatoms. The highest BCUT2D eigenvalue weighted by molar-refractivity contribution is 5.26. The van der Waals surface area contributed by atoms with Gasteiger partial charge in [-0.1, -0.05) is 38.2 Å². The van der Waals surface area contributed by atoms with Crippen molar-refractivity contribution in [3.05, 3.63) is 24.3 Å². The third-order valence-corrected chi connectivity index (χ3v) is 3.50. The molecule has 0 unspecified atom stereocenters. The van der Waals surface area contributed by atoms with Gasteiger partial charge in [-0.15, -0.1) is 0 Å². The second-order valence-corrected chi connectivity index (χ2v) is 4.52. The molecule has 0 amide bonds. The molecule has 0 aromatic carbocycles. The van der Waals surface area contributed by atoms with E-state index in [-0.39, 0.29) is 0 Å². The minimum absolute atomic E-state index is 0.749. The maximum Gasteiger partial charge on any atom is 0.427 e. The molecule has 0 aromatic rings. The maximum absolute atomic E-state index is 12.8. The molecule has 1 aliphatic rings. The van der Waals surface area contributed by atoms with Crippen molar-refractivity contribution in [2.45, 2.75) is 31.8 Å². The summed E-state index contributed by atoms with van der Waals surface area (Å²) < 4.78 is 76.7. The number of rotatable bonds is 1. The maximum atomic E-state index is 12.8. The Kier molecular flexibility index (Phi) is 3.36. The first-order valence-corrected chi connectivity index (χ1v) is 5.10. The van der Waals surface area contributed by atoms with Crippen LogP contribution in [0.2, 0.25) is 0 Å². The predicted octanol–water partition coefficient (Wildman–Crippen LogP) is 3.61. The van der Waals surface area contributed by atoms with Crippen LogP contribution in [-0.4, -0.2) is 23.1 Å². The van der Waals surface area contributed by atoms with Crippen LogP contribution in [-0.2, 0) is 0 Å². The van der Waals surface area contributed by atoms with E-state index in [1.807, 2.05) is 0 Å². The predicted molar refractivity (Wildman–Crippen MR) is 52.6 cm³/mol. The molecule has 0 saturated heterocycles. The van der Waals surface area contributed by atoms with Gasteiger partial charge < -0.3 is 5.11 Å². The average Bonchev–Trinajstić information content (AvgIpc) is 2.18. The topological polar surface area (TPSA) is 20.2 Å². The summed E-state index contributed by atoms with van der Waals surface area (Å²) in [5, 5.41) is 9.40.